The number of rotatable bonds is 4. The molecule has 9 aromatic rings. The average Bonchev–Trinajstić information content (AvgIpc) is 3.75. The van der Waals surface area contributed by atoms with Crippen LogP contribution in [0.1, 0.15) is 25.0 Å². The molecule has 0 radical (unpaired) electrons. The number of fused-ring (bicyclic) bond motifs is 9. The van der Waals surface area contributed by atoms with E-state index in [9.17, 15) is 0 Å². The second kappa shape index (κ2) is 9.97. The number of para-hydroxylation sites is 5. The molecule has 0 amide bonds. The fraction of sp³-hybridized carbons (Fsp3) is 0.0667. The molecule has 0 atom stereocenters. The fourth-order valence-corrected chi connectivity index (χ4v) is 8.18. The first-order valence-corrected chi connectivity index (χ1v) is 16.6. The highest BCUT2D eigenvalue weighted by molar-refractivity contribution is 6.11. The van der Waals surface area contributed by atoms with Gasteiger partial charge in [0.2, 0.25) is 0 Å². The van der Waals surface area contributed by atoms with Crippen molar-refractivity contribution < 1.29 is 4.42 Å². The van der Waals surface area contributed by atoms with Crippen LogP contribution in [0.2, 0.25) is 0 Å². The summed E-state index contributed by atoms with van der Waals surface area (Å²) < 4.78 is 9.03. The van der Waals surface area contributed by atoms with Gasteiger partial charge >= 0.3 is 0 Å². The molecule has 2 aromatic heterocycles. The Balaban J connectivity index is 1.21. The van der Waals surface area contributed by atoms with Crippen molar-refractivity contribution in [2.24, 2.45) is 0 Å². The summed E-state index contributed by atoms with van der Waals surface area (Å²) in [5.74, 6) is 0. The molecule has 0 fully saturated rings. The van der Waals surface area contributed by atoms with Crippen molar-refractivity contribution in [2.45, 2.75) is 19.3 Å². The van der Waals surface area contributed by atoms with Gasteiger partial charge in [0.1, 0.15) is 5.58 Å². The number of hydrogen-bond acceptors (Lipinski definition) is 2. The zero-order chi connectivity index (χ0) is 32.0. The molecule has 3 nitrogen and oxygen atoms in total. The van der Waals surface area contributed by atoms with E-state index in [4.69, 9.17) is 4.42 Å². The van der Waals surface area contributed by atoms with Gasteiger partial charge in [0, 0.05) is 43.9 Å². The molecule has 0 bridgehead atoms. The fourth-order valence-electron chi connectivity index (χ4n) is 8.18. The highest BCUT2D eigenvalue weighted by atomic mass is 16.3. The Morgan fingerprint density at radius 2 is 1.17 bits per heavy atom. The summed E-state index contributed by atoms with van der Waals surface area (Å²) in [5.41, 5.74) is 13.7. The van der Waals surface area contributed by atoms with E-state index >= 15 is 0 Å². The summed E-state index contributed by atoms with van der Waals surface area (Å²) in [6.07, 6.45) is 0. The molecule has 3 heteroatoms. The van der Waals surface area contributed by atoms with E-state index < -0.39 is 0 Å². The summed E-state index contributed by atoms with van der Waals surface area (Å²) in [4.78, 5) is 2.35. The molecule has 10 rings (SSSR count). The van der Waals surface area contributed by atoms with E-state index in [1.54, 1.807) is 0 Å². The molecular formula is C45H32N2O. The van der Waals surface area contributed by atoms with Crippen LogP contribution in [0.4, 0.5) is 17.1 Å². The summed E-state index contributed by atoms with van der Waals surface area (Å²) in [6.45, 7) is 4.73. The first kappa shape index (κ1) is 27.1. The molecule has 0 unspecified atom stereocenters. The Kier molecular flexibility index (Phi) is 5.63. The van der Waals surface area contributed by atoms with Gasteiger partial charge in [0.15, 0.2) is 5.58 Å². The van der Waals surface area contributed by atoms with E-state index in [0.29, 0.717) is 0 Å². The third-order valence-electron chi connectivity index (χ3n) is 10.4. The Morgan fingerprint density at radius 3 is 1.94 bits per heavy atom. The summed E-state index contributed by atoms with van der Waals surface area (Å²) >= 11 is 0. The third kappa shape index (κ3) is 3.70. The Bertz CT molecular complexity index is 2660. The summed E-state index contributed by atoms with van der Waals surface area (Å²) in [5, 5.41) is 4.80. The minimum Gasteiger partial charge on any atom is -0.454 e. The third-order valence-corrected chi connectivity index (χ3v) is 10.4. The largest absolute Gasteiger partial charge is 0.454 e. The zero-order valence-electron chi connectivity index (χ0n) is 26.8. The Labute approximate surface area is 278 Å². The Morgan fingerprint density at radius 1 is 0.521 bits per heavy atom. The molecule has 228 valence electrons. The van der Waals surface area contributed by atoms with Crippen LogP contribution in [-0.2, 0) is 5.41 Å². The second-order valence-electron chi connectivity index (χ2n) is 13.3. The van der Waals surface area contributed by atoms with Crippen LogP contribution in [-0.4, -0.2) is 4.57 Å². The number of aromatic nitrogens is 1. The van der Waals surface area contributed by atoms with E-state index in [-0.39, 0.29) is 5.41 Å². The molecule has 0 N–H and O–H groups in total. The molecule has 1 aliphatic carbocycles. The van der Waals surface area contributed by atoms with Crippen LogP contribution in [0.5, 0.6) is 0 Å². The van der Waals surface area contributed by atoms with Gasteiger partial charge in [0.05, 0.1) is 22.4 Å². The van der Waals surface area contributed by atoms with Crippen molar-refractivity contribution in [2.75, 3.05) is 4.90 Å². The normalized spacial score (nSPS) is 13.4. The number of benzene rings is 7. The number of nitrogens with zero attached hydrogens (tertiary/aromatic N) is 2. The average molecular weight is 617 g/mol. The molecule has 0 saturated heterocycles. The van der Waals surface area contributed by atoms with Crippen LogP contribution < -0.4 is 4.90 Å². The van der Waals surface area contributed by atoms with Crippen molar-refractivity contribution in [1.82, 2.24) is 4.57 Å². The van der Waals surface area contributed by atoms with Gasteiger partial charge in [-0.25, -0.2) is 0 Å². The maximum absolute atomic E-state index is 6.57. The van der Waals surface area contributed by atoms with Crippen molar-refractivity contribution in [3.8, 4) is 16.8 Å². The van der Waals surface area contributed by atoms with Gasteiger partial charge in [-0.05, 0) is 71.3 Å². The predicted molar refractivity (Wildman–Crippen MR) is 200 cm³/mol. The lowest BCUT2D eigenvalue weighted by atomic mass is 9.82. The van der Waals surface area contributed by atoms with Gasteiger partial charge in [-0.1, -0.05) is 117 Å². The molecule has 7 aromatic carbocycles. The molecule has 48 heavy (non-hydrogen) atoms. The van der Waals surface area contributed by atoms with Gasteiger partial charge < -0.3 is 13.9 Å². The maximum atomic E-state index is 6.57. The first-order valence-electron chi connectivity index (χ1n) is 16.6. The molecular weight excluding hydrogens is 585 g/mol. The minimum absolute atomic E-state index is 0.205. The highest BCUT2D eigenvalue weighted by Crippen LogP contribution is 2.53. The standard InChI is InChI=1S/C45H32N2O/c1-45(2)36-20-13-23-40(47-38-21-9-6-16-31(38)32-17-7-10-22-39(32)47)43(36)35-27-26-30(28-37(35)45)46(29-14-4-3-5-15-29)41-24-12-19-34-33-18-8-11-25-42(33)48-44(34)41/h3-28H,1-2H3. The molecule has 1 aliphatic rings. The van der Waals surface area contributed by atoms with Crippen LogP contribution >= 0.6 is 0 Å². The van der Waals surface area contributed by atoms with Crippen molar-refractivity contribution in [1.29, 1.82) is 0 Å². The van der Waals surface area contributed by atoms with Crippen LogP contribution in [0.25, 0.3) is 60.6 Å². The molecule has 0 spiro atoms. The number of anilines is 3. The lowest BCUT2D eigenvalue weighted by molar-refractivity contribution is 0.660. The second-order valence-corrected chi connectivity index (χ2v) is 13.3. The van der Waals surface area contributed by atoms with Crippen molar-refractivity contribution in [3.05, 3.63) is 169 Å². The first-order chi connectivity index (χ1) is 23.6. The zero-order valence-corrected chi connectivity index (χ0v) is 26.8. The highest BCUT2D eigenvalue weighted by Gasteiger charge is 2.38. The quantitative estimate of drug-likeness (QED) is 0.196. The number of furan rings is 1. The van der Waals surface area contributed by atoms with Gasteiger partial charge in [-0.15, -0.1) is 0 Å². The van der Waals surface area contributed by atoms with Crippen molar-refractivity contribution in [3.63, 3.8) is 0 Å². The van der Waals surface area contributed by atoms with E-state index in [2.05, 4.69) is 175 Å². The van der Waals surface area contributed by atoms with Crippen molar-refractivity contribution >= 4 is 60.8 Å². The minimum atomic E-state index is -0.205. The van der Waals surface area contributed by atoms with E-state index in [1.165, 1.54) is 49.7 Å². The molecule has 0 saturated carbocycles. The Hall–Kier alpha value is -6.06. The summed E-state index contributed by atoms with van der Waals surface area (Å²) in [6, 6.07) is 56.8. The van der Waals surface area contributed by atoms with E-state index in [0.717, 1.165) is 39.0 Å². The smallest absolute Gasteiger partial charge is 0.159 e. The van der Waals surface area contributed by atoms with Crippen LogP contribution in [0, 0.1) is 0 Å². The topological polar surface area (TPSA) is 21.3 Å². The molecule has 0 aliphatic heterocycles. The lowest BCUT2D eigenvalue weighted by Gasteiger charge is -2.28. The lowest BCUT2D eigenvalue weighted by Crippen LogP contribution is -2.16. The van der Waals surface area contributed by atoms with Crippen LogP contribution in [0.3, 0.4) is 0 Å². The number of hydrogen-bond donors (Lipinski definition) is 0. The van der Waals surface area contributed by atoms with E-state index in [1.807, 2.05) is 6.07 Å². The van der Waals surface area contributed by atoms with Crippen LogP contribution in [0.15, 0.2) is 162 Å². The van der Waals surface area contributed by atoms with Gasteiger partial charge in [0.25, 0.3) is 0 Å². The maximum Gasteiger partial charge on any atom is 0.159 e. The predicted octanol–water partition coefficient (Wildman–Crippen LogP) is 12.5. The van der Waals surface area contributed by atoms with Gasteiger partial charge in [-0.2, -0.15) is 0 Å². The summed E-state index contributed by atoms with van der Waals surface area (Å²) in [7, 11) is 0. The molecule has 2 heterocycles. The SMILES string of the molecule is CC1(C)c2cc(N(c3ccccc3)c3cccc4c3oc3ccccc34)ccc2-c2c(-n3c4ccccc4c4ccccc43)cccc21. The van der Waals surface area contributed by atoms with Gasteiger partial charge in [-0.3, -0.25) is 0 Å². The monoisotopic (exact) mass is 616 g/mol.